The number of carbonyl (C=O) groups is 3. The van der Waals surface area contributed by atoms with Crippen LogP contribution in [0.5, 0.6) is 11.5 Å². The molecular formula is C23H21BrN2O5. The predicted octanol–water partition coefficient (Wildman–Crippen LogP) is 4.39. The van der Waals surface area contributed by atoms with Crippen molar-refractivity contribution in [3.05, 3.63) is 70.2 Å². The largest absolute Gasteiger partial charge is 0.490 e. The van der Waals surface area contributed by atoms with Gasteiger partial charge in [0.05, 0.1) is 12.3 Å². The summed E-state index contributed by atoms with van der Waals surface area (Å²) in [5, 5.41) is 2.22. The van der Waals surface area contributed by atoms with Gasteiger partial charge in [-0.05, 0) is 49.8 Å². The highest BCUT2D eigenvalue weighted by Gasteiger charge is 2.37. The molecule has 0 spiro atoms. The van der Waals surface area contributed by atoms with Crippen LogP contribution in [-0.2, 0) is 9.59 Å². The van der Waals surface area contributed by atoms with E-state index >= 15 is 0 Å². The van der Waals surface area contributed by atoms with Gasteiger partial charge in [0.25, 0.3) is 11.8 Å². The highest BCUT2D eigenvalue weighted by Crippen LogP contribution is 2.35. The van der Waals surface area contributed by atoms with Crippen molar-refractivity contribution in [1.82, 2.24) is 5.32 Å². The Kier molecular flexibility index (Phi) is 6.91. The van der Waals surface area contributed by atoms with E-state index < -0.39 is 17.8 Å². The Morgan fingerprint density at radius 2 is 1.77 bits per heavy atom. The van der Waals surface area contributed by atoms with Gasteiger partial charge < -0.3 is 9.47 Å². The van der Waals surface area contributed by atoms with Gasteiger partial charge in [0.1, 0.15) is 12.2 Å². The van der Waals surface area contributed by atoms with Crippen LogP contribution in [0, 0.1) is 6.92 Å². The first-order valence-corrected chi connectivity index (χ1v) is 10.3. The van der Waals surface area contributed by atoms with Gasteiger partial charge in [0.15, 0.2) is 11.5 Å². The molecule has 0 bridgehead atoms. The van der Waals surface area contributed by atoms with Crippen LogP contribution >= 0.6 is 15.9 Å². The van der Waals surface area contributed by atoms with E-state index in [1.807, 2.05) is 13.8 Å². The van der Waals surface area contributed by atoms with E-state index in [4.69, 9.17) is 9.47 Å². The van der Waals surface area contributed by atoms with E-state index in [9.17, 15) is 14.4 Å². The minimum absolute atomic E-state index is 0.178. The molecule has 1 heterocycles. The topological polar surface area (TPSA) is 84.9 Å². The summed E-state index contributed by atoms with van der Waals surface area (Å²) in [4.78, 5) is 38.8. The Hall–Kier alpha value is -3.39. The molecule has 8 heteroatoms. The number of hydrogen-bond acceptors (Lipinski definition) is 5. The van der Waals surface area contributed by atoms with Crippen LogP contribution in [-0.4, -0.2) is 31.1 Å². The molecule has 7 nitrogen and oxygen atoms in total. The Labute approximate surface area is 188 Å². The maximum Gasteiger partial charge on any atom is 0.335 e. The summed E-state index contributed by atoms with van der Waals surface area (Å²) in [7, 11) is 0. The van der Waals surface area contributed by atoms with E-state index in [1.165, 1.54) is 6.08 Å². The molecule has 1 fully saturated rings. The monoisotopic (exact) mass is 484 g/mol. The second kappa shape index (κ2) is 9.61. The number of nitrogens with zero attached hydrogens (tertiary/aromatic N) is 1. The number of benzene rings is 2. The average Bonchev–Trinajstić information content (AvgIpc) is 2.73. The van der Waals surface area contributed by atoms with Crippen molar-refractivity contribution in [3.8, 4) is 11.5 Å². The van der Waals surface area contributed by atoms with Gasteiger partial charge in [-0.25, -0.2) is 9.69 Å². The third-order valence-electron chi connectivity index (χ3n) is 4.41. The van der Waals surface area contributed by atoms with Crippen LogP contribution in [0.3, 0.4) is 0 Å². The number of aryl methyl sites for hydroxylation is 1. The molecule has 2 aromatic rings. The Morgan fingerprint density at radius 3 is 2.42 bits per heavy atom. The van der Waals surface area contributed by atoms with Crippen LogP contribution in [0.4, 0.5) is 10.5 Å². The third-order valence-corrected chi connectivity index (χ3v) is 5.10. The molecule has 0 aliphatic carbocycles. The minimum Gasteiger partial charge on any atom is -0.490 e. The fourth-order valence-electron chi connectivity index (χ4n) is 2.93. The second-order valence-electron chi connectivity index (χ2n) is 6.65. The van der Waals surface area contributed by atoms with Crippen LogP contribution < -0.4 is 19.7 Å². The van der Waals surface area contributed by atoms with Gasteiger partial charge in [-0.1, -0.05) is 46.3 Å². The summed E-state index contributed by atoms with van der Waals surface area (Å²) in [6.07, 6.45) is 3.02. The van der Waals surface area contributed by atoms with Crippen molar-refractivity contribution in [2.45, 2.75) is 13.8 Å². The third kappa shape index (κ3) is 4.86. The van der Waals surface area contributed by atoms with Gasteiger partial charge in [0.2, 0.25) is 0 Å². The number of ether oxygens (including phenoxy) is 2. The molecule has 0 aromatic heterocycles. The minimum atomic E-state index is -0.793. The van der Waals surface area contributed by atoms with E-state index in [2.05, 4.69) is 27.8 Å². The summed E-state index contributed by atoms with van der Waals surface area (Å²) < 4.78 is 11.8. The molecule has 160 valence electrons. The van der Waals surface area contributed by atoms with Crippen LogP contribution in [0.25, 0.3) is 6.08 Å². The van der Waals surface area contributed by atoms with Gasteiger partial charge in [0, 0.05) is 4.47 Å². The number of nitrogens with one attached hydrogen (secondary N) is 1. The molecule has 1 aliphatic rings. The van der Waals surface area contributed by atoms with E-state index in [-0.39, 0.29) is 5.57 Å². The van der Waals surface area contributed by atoms with Crippen LogP contribution in [0.1, 0.15) is 18.1 Å². The lowest BCUT2D eigenvalue weighted by Crippen LogP contribution is -2.54. The molecule has 1 saturated heterocycles. The zero-order valence-corrected chi connectivity index (χ0v) is 18.7. The molecule has 2 aromatic carbocycles. The molecule has 0 radical (unpaired) electrons. The fraction of sp³-hybridized carbons (Fsp3) is 0.174. The number of anilines is 1. The molecule has 31 heavy (non-hydrogen) atoms. The predicted molar refractivity (Wildman–Crippen MR) is 121 cm³/mol. The fourth-order valence-corrected chi connectivity index (χ4v) is 3.37. The normalized spacial score (nSPS) is 15.1. The standard InChI is InChI=1S/C23H21BrN2O5/c1-4-10-31-20-13-18(24)15(12-19(20)30-5-2)11-17-21(27)25-23(29)26(22(17)28)16-8-6-14(3)7-9-16/h4,6-9,11-13H,1,5,10H2,2-3H3,(H,25,27,29)/b17-11+. The number of rotatable bonds is 7. The molecule has 0 saturated carbocycles. The molecule has 3 rings (SSSR count). The van der Waals surface area contributed by atoms with Gasteiger partial charge in [-0.3, -0.25) is 14.9 Å². The van der Waals surface area contributed by atoms with Crippen molar-refractivity contribution in [3.63, 3.8) is 0 Å². The number of carbonyl (C=O) groups excluding carboxylic acids is 3. The zero-order chi connectivity index (χ0) is 22.5. The Balaban J connectivity index is 2.02. The summed E-state index contributed by atoms with van der Waals surface area (Å²) in [5.74, 6) is -0.536. The van der Waals surface area contributed by atoms with E-state index in [0.717, 1.165) is 10.5 Å². The van der Waals surface area contributed by atoms with Crippen molar-refractivity contribution >= 4 is 45.5 Å². The Morgan fingerprint density at radius 1 is 1.10 bits per heavy atom. The van der Waals surface area contributed by atoms with Gasteiger partial charge >= 0.3 is 6.03 Å². The first-order chi connectivity index (χ1) is 14.8. The van der Waals surface area contributed by atoms with Crippen LogP contribution in [0.15, 0.2) is 59.1 Å². The number of imide groups is 2. The maximum atomic E-state index is 13.1. The number of halogens is 1. The van der Waals surface area contributed by atoms with Crippen molar-refractivity contribution < 1.29 is 23.9 Å². The van der Waals surface area contributed by atoms with Crippen molar-refractivity contribution in [2.24, 2.45) is 0 Å². The van der Waals surface area contributed by atoms with E-state index in [0.29, 0.717) is 40.4 Å². The summed E-state index contributed by atoms with van der Waals surface area (Å²) in [5.41, 5.74) is 1.69. The highest BCUT2D eigenvalue weighted by atomic mass is 79.9. The number of hydrogen-bond donors (Lipinski definition) is 1. The molecule has 4 amide bonds. The lowest BCUT2D eigenvalue weighted by atomic mass is 10.1. The summed E-state index contributed by atoms with van der Waals surface area (Å²) >= 11 is 3.44. The summed E-state index contributed by atoms with van der Waals surface area (Å²) in [6, 6.07) is 9.41. The Bertz CT molecular complexity index is 1080. The SMILES string of the molecule is C=CCOc1cc(Br)c(/C=C2\C(=O)NC(=O)N(c3ccc(C)cc3)C2=O)cc1OCC. The van der Waals surface area contributed by atoms with Gasteiger partial charge in [-0.15, -0.1) is 0 Å². The maximum absolute atomic E-state index is 13.1. The lowest BCUT2D eigenvalue weighted by Gasteiger charge is -2.26. The van der Waals surface area contributed by atoms with E-state index in [1.54, 1.807) is 42.5 Å². The van der Waals surface area contributed by atoms with Crippen LogP contribution in [0.2, 0.25) is 0 Å². The first-order valence-electron chi connectivity index (χ1n) is 9.53. The molecular weight excluding hydrogens is 464 g/mol. The molecule has 1 N–H and O–H groups in total. The zero-order valence-electron chi connectivity index (χ0n) is 17.1. The highest BCUT2D eigenvalue weighted by molar-refractivity contribution is 9.10. The molecule has 0 unspecified atom stereocenters. The number of urea groups is 1. The number of barbiturate groups is 1. The number of amides is 4. The van der Waals surface area contributed by atoms with Crippen molar-refractivity contribution in [2.75, 3.05) is 18.1 Å². The quantitative estimate of drug-likeness (QED) is 0.357. The van der Waals surface area contributed by atoms with Crippen molar-refractivity contribution in [1.29, 1.82) is 0 Å². The lowest BCUT2D eigenvalue weighted by molar-refractivity contribution is -0.122. The average molecular weight is 485 g/mol. The first kappa shape index (κ1) is 22.3. The second-order valence-corrected chi connectivity index (χ2v) is 7.50. The molecule has 1 aliphatic heterocycles. The smallest absolute Gasteiger partial charge is 0.335 e. The summed E-state index contributed by atoms with van der Waals surface area (Å²) in [6.45, 7) is 8.05. The molecule has 0 atom stereocenters. The van der Waals surface area contributed by atoms with Gasteiger partial charge in [-0.2, -0.15) is 0 Å².